The first-order valence-corrected chi connectivity index (χ1v) is 6.58. The van der Waals surface area contributed by atoms with E-state index in [1.807, 2.05) is 12.3 Å². The highest BCUT2D eigenvalue weighted by molar-refractivity contribution is 7.07. The highest BCUT2D eigenvalue weighted by Crippen LogP contribution is 2.12. The molecule has 0 saturated carbocycles. The molecule has 3 heterocycles. The van der Waals surface area contributed by atoms with Gasteiger partial charge in [-0.3, -0.25) is 4.79 Å². The van der Waals surface area contributed by atoms with Crippen molar-refractivity contribution in [2.24, 2.45) is 0 Å². The summed E-state index contributed by atoms with van der Waals surface area (Å²) in [4.78, 5) is 22.6. The number of thiazole rings is 1. The molecule has 1 N–H and O–H groups in total. The van der Waals surface area contributed by atoms with Crippen LogP contribution >= 0.6 is 11.3 Å². The van der Waals surface area contributed by atoms with E-state index < -0.39 is 0 Å². The lowest BCUT2D eigenvalue weighted by molar-refractivity contribution is 0.371. The Balaban J connectivity index is 1.73. The van der Waals surface area contributed by atoms with Crippen molar-refractivity contribution in [3.05, 3.63) is 39.2 Å². The summed E-state index contributed by atoms with van der Waals surface area (Å²) >= 11 is 1.20. The lowest BCUT2D eigenvalue weighted by Crippen LogP contribution is -2.16. The third-order valence-corrected chi connectivity index (χ3v) is 3.61. The normalized spacial score (nSPS) is 11.0. The predicted octanol–water partition coefficient (Wildman–Crippen LogP) is 1.23. The van der Waals surface area contributed by atoms with Gasteiger partial charge in [-0.1, -0.05) is 16.5 Å². The summed E-state index contributed by atoms with van der Waals surface area (Å²) in [5.41, 5.74) is 1.65. The van der Waals surface area contributed by atoms with Gasteiger partial charge < -0.3 is 14.1 Å². The number of aromatic amines is 1. The van der Waals surface area contributed by atoms with Crippen LogP contribution in [0.15, 0.2) is 27.2 Å². The Morgan fingerprint density at radius 3 is 3.11 bits per heavy atom. The molecule has 0 atom stereocenters. The third-order valence-electron chi connectivity index (χ3n) is 2.73. The maximum absolute atomic E-state index is 11.6. The van der Waals surface area contributed by atoms with Crippen molar-refractivity contribution in [1.82, 2.24) is 24.7 Å². The summed E-state index contributed by atoms with van der Waals surface area (Å²) in [5.74, 6) is 0.976. The topological polar surface area (TPSA) is 89.6 Å². The minimum atomic E-state index is 0.0332. The molecule has 0 unspecified atom stereocenters. The molecule has 19 heavy (non-hydrogen) atoms. The van der Waals surface area contributed by atoms with Crippen LogP contribution in [0.2, 0.25) is 0 Å². The molecule has 0 aliphatic heterocycles. The van der Waals surface area contributed by atoms with Crippen LogP contribution in [-0.4, -0.2) is 24.7 Å². The summed E-state index contributed by atoms with van der Waals surface area (Å²) in [6, 6.07) is 0. The number of nitrogens with zero attached hydrogens (tertiary/aromatic N) is 4. The van der Waals surface area contributed by atoms with Gasteiger partial charge in [-0.15, -0.1) is 0 Å². The smallest absolute Gasteiger partial charge is 0.307 e. The van der Waals surface area contributed by atoms with Crippen molar-refractivity contribution in [3.63, 3.8) is 0 Å². The van der Waals surface area contributed by atoms with Crippen LogP contribution in [0.3, 0.4) is 0 Å². The van der Waals surface area contributed by atoms with Gasteiger partial charge >= 0.3 is 4.87 Å². The van der Waals surface area contributed by atoms with Gasteiger partial charge in [0.1, 0.15) is 5.69 Å². The zero-order valence-corrected chi connectivity index (χ0v) is 11.0. The minimum Gasteiger partial charge on any atom is -0.342 e. The molecule has 0 aromatic carbocycles. The van der Waals surface area contributed by atoms with Crippen molar-refractivity contribution >= 4 is 11.3 Å². The van der Waals surface area contributed by atoms with Gasteiger partial charge in [0, 0.05) is 24.0 Å². The SMILES string of the molecule is Cc1csc(=O)n1CCc1nc(-c2cnc[nH]2)no1. The van der Waals surface area contributed by atoms with Crippen LogP contribution in [0.1, 0.15) is 11.6 Å². The lowest BCUT2D eigenvalue weighted by atomic mass is 10.4. The van der Waals surface area contributed by atoms with E-state index in [1.165, 1.54) is 11.3 Å². The Hall–Kier alpha value is -2.22. The molecule has 7 nitrogen and oxygen atoms in total. The second-order valence-corrected chi connectivity index (χ2v) is 4.84. The Morgan fingerprint density at radius 1 is 1.53 bits per heavy atom. The monoisotopic (exact) mass is 277 g/mol. The van der Waals surface area contributed by atoms with Crippen molar-refractivity contribution in [3.8, 4) is 11.5 Å². The quantitative estimate of drug-likeness (QED) is 0.774. The van der Waals surface area contributed by atoms with Gasteiger partial charge in [0.25, 0.3) is 0 Å². The number of rotatable bonds is 4. The Bertz CT molecular complexity index is 724. The van der Waals surface area contributed by atoms with Crippen LogP contribution in [0.4, 0.5) is 0 Å². The van der Waals surface area contributed by atoms with Gasteiger partial charge in [0.15, 0.2) is 0 Å². The maximum atomic E-state index is 11.6. The van der Waals surface area contributed by atoms with E-state index in [-0.39, 0.29) is 4.87 Å². The number of nitrogens with one attached hydrogen (secondary N) is 1. The van der Waals surface area contributed by atoms with Gasteiger partial charge in [-0.2, -0.15) is 4.98 Å². The van der Waals surface area contributed by atoms with Crippen molar-refractivity contribution in [1.29, 1.82) is 0 Å². The van der Waals surface area contributed by atoms with E-state index in [1.54, 1.807) is 17.1 Å². The molecule has 3 aromatic rings. The fraction of sp³-hybridized carbons (Fsp3) is 0.273. The molecule has 98 valence electrons. The first-order chi connectivity index (χ1) is 9.24. The van der Waals surface area contributed by atoms with E-state index in [9.17, 15) is 4.79 Å². The fourth-order valence-corrected chi connectivity index (χ4v) is 2.49. The Labute approximate surface area is 111 Å². The van der Waals surface area contributed by atoms with Crippen LogP contribution in [-0.2, 0) is 13.0 Å². The number of hydrogen-bond donors (Lipinski definition) is 1. The zero-order valence-electron chi connectivity index (χ0n) is 10.2. The Morgan fingerprint density at radius 2 is 2.42 bits per heavy atom. The molecule has 3 rings (SSSR count). The van der Waals surface area contributed by atoms with Gasteiger partial charge in [-0.25, -0.2) is 4.98 Å². The highest BCUT2D eigenvalue weighted by Gasteiger charge is 2.10. The van der Waals surface area contributed by atoms with E-state index in [0.717, 1.165) is 5.69 Å². The molecule has 0 amide bonds. The predicted molar refractivity (Wildman–Crippen MR) is 68.9 cm³/mol. The average Bonchev–Trinajstić information content (AvgIpc) is 3.10. The summed E-state index contributed by atoms with van der Waals surface area (Å²) < 4.78 is 6.84. The first kappa shape index (κ1) is 11.8. The van der Waals surface area contributed by atoms with E-state index >= 15 is 0 Å². The van der Waals surface area contributed by atoms with E-state index in [0.29, 0.717) is 30.4 Å². The molecule has 8 heteroatoms. The molecule has 0 bridgehead atoms. The molecule has 3 aromatic heterocycles. The number of aryl methyl sites for hydroxylation is 2. The molecule has 0 saturated heterocycles. The van der Waals surface area contributed by atoms with Crippen LogP contribution < -0.4 is 4.87 Å². The largest absolute Gasteiger partial charge is 0.342 e. The van der Waals surface area contributed by atoms with Crippen LogP contribution in [0.5, 0.6) is 0 Å². The van der Waals surface area contributed by atoms with Crippen molar-refractivity contribution in [2.75, 3.05) is 0 Å². The molecular weight excluding hydrogens is 266 g/mol. The van der Waals surface area contributed by atoms with Gasteiger partial charge in [-0.05, 0) is 6.92 Å². The summed E-state index contributed by atoms with van der Waals surface area (Å²) in [6.07, 6.45) is 3.71. The summed E-state index contributed by atoms with van der Waals surface area (Å²) in [7, 11) is 0. The molecular formula is C11H11N5O2S. The second-order valence-electron chi connectivity index (χ2n) is 4.02. The number of aromatic nitrogens is 5. The Kier molecular flexibility index (Phi) is 3.00. The highest BCUT2D eigenvalue weighted by atomic mass is 32.1. The summed E-state index contributed by atoms with van der Waals surface area (Å²) in [6.45, 7) is 2.44. The minimum absolute atomic E-state index is 0.0332. The van der Waals surface area contributed by atoms with Gasteiger partial charge in [0.2, 0.25) is 11.7 Å². The molecule has 0 radical (unpaired) electrons. The first-order valence-electron chi connectivity index (χ1n) is 5.70. The number of hydrogen-bond acceptors (Lipinski definition) is 6. The molecule has 0 fully saturated rings. The standard InChI is InChI=1S/C11H11N5O2S/c1-7-5-19-11(17)16(7)3-2-9-14-10(15-18-9)8-4-12-6-13-8/h4-6H,2-3H2,1H3,(H,12,13). The summed E-state index contributed by atoms with van der Waals surface area (Å²) in [5, 5.41) is 5.70. The average molecular weight is 277 g/mol. The fourth-order valence-electron chi connectivity index (χ4n) is 1.73. The molecule has 0 spiro atoms. The third kappa shape index (κ3) is 2.34. The lowest BCUT2D eigenvalue weighted by Gasteiger charge is -2.00. The molecule has 0 aliphatic rings. The van der Waals surface area contributed by atoms with Crippen LogP contribution in [0, 0.1) is 6.92 Å². The van der Waals surface area contributed by atoms with Crippen molar-refractivity contribution < 1.29 is 4.52 Å². The maximum Gasteiger partial charge on any atom is 0.307 e. The van der Waals surface area contributed by atoms with Crippen molar-refractivity contribution in [2.45, 2.75) is 19.9 Å². The second kappa shape index (κ2) is 4.81. The number of imidazole rings is 1. The van der Waals surface area contributed by atoms with Crippen LogP contribution in [0.25, 0.3) is 11.5 Å². The zero-order chi connectivity index (χ0) is 13.2. The van der Waals surface area contributed by atoms with E-state index in [4.69, 9.17) is 4.52 Å². The van der Waals surface area contributed by atoms with Gasteiger partial charge in [0.05, 0.1) is 12.5 Å². The number of H-pyrrole nitrogens is 1. The van der Waals surface area contributed by atoms with E-state index in [2.05, 4.69) is 20.1 Å². The molecule has 0 aliphatic carbocycles.